The van der Waals surface area contributed by atoms with Crippen LogP contribution in [0.25, 0.3) is 10.8 Å². The van der Waals surface area contributed by atoms with Gasteiger partial charge in [0.2, 0.25) is 5.91 Å². The van der Waals surface area contributed by atoms with Crippen LogP contribution >= 0.6 is 11.8 Å². The van der Waals surface area contributed by atoms with Crippen molar-refractivity contribution in [3.8, 4) is 5.75 Å². The third-order valence-electron chi connectivity index (χ3n) is 5.32. The van der Waals surface area contributed by atoms with E-state index in [2.05, 4.69) is 28.5 Å². The molecule has 4 rings (SSSR count). The minimum atomic E-state index is 0.0147. The Morgan fingerprint density at radius 3 is 2.86 bits per heavy atom. The summed E-state index contributed by atoms with van der Waals surface area (Å²) in [5.41, 5.74) is 0. The smallest absolute Gasteiger partial charge is 0.277 e. The van der Waals surface area contributed by atoms with E-state index in [9.17, 15) is 4.79 Å². The van der Waals surface area contributed by atoms with Gasteiger partial charge in [0.15, 0.2) is 6.61 Å². The number of aromatic nitrogens is 2. The van der Waals surface area contributed by atoms with Gasteiger partial charge >= 0.3 is 0 Å². The Morgan fingerprint density at radius 2 is 2.00 bits per heavy atom. The summed E-state index contributed by atoms with van der Waals surface area (Å²) in [6, 6.07) is 14.3. The van der Waals surface area contributed by atoms with E-state index < -0.39 is 0 Å². The molecule has 7 heteroatoms. The molecule has 1 heterocycles. The normalized spacial score (nSPS) is 19.2. The van der Waals surface area contributed by atoms with Crippen LogP contribution in [0.15, 0.2) is 52.1 Å². The van der Waals surface area contributed by atoms with Gasteiger partial charge in [0, 0.05) is 6.04 Å². The highest BCUT2D eigenvalue weighted by molar-refractivity contribution is 7.99. The number of nitrogens with zero attached hydrogens (tertiary/aromatic N) is 2. The molecule has 152 valence electrons. The van der Waals surface area contributed by atoms with Crippen LogP contribution in [0, 0.1) is 5.92 Å². The number of hydrogen-bond donors (Lipinski definition) is 1. The Labute approximate surface area is 174 Å². The Bertz CT molecular complexity index is 975. The second-order valence-electron chi connectivity index (χ2n) is 7.48. The van der Waals surface area contributed by atoms with Gasteiger partial charge in [-0.15, -0.1) is 10.2 Å². The molecule has 1 saturated carbocycles. The number of carbonyl (C=O) groups is 1. The van der Waals surface area contributed by atoms with Crippen molar-refractivity contribution in [3.05, 3.63) is 48.4 Å². The van der Waals surface area contributed by atoms with Crippen LogP contribution in [0.3, 0.4) is 0 Å². The highest BCUT2D eigenvalue weighted by Gasteiger charge is 2.23. The highest BCUT2D eigenvalue weighted by atomic mass is 32.2. The van der Waals surface area contributed by atoms with Crippen LogP contribution in [0.2, 0.25) is 0 Å². The van der Waals surface area contributed by atoms with Crippen LogP contribution in [0.5, 0.6) is 5.75 Å². The van der Waals surface area contributed by atoms with Gasteiger partial charge in [-0.2, -0.15) is 0 Å². The van der Waals surface area contributed by atoms with Crippen LogP contribution in [0.4, 0.5) is 0 Å². The fraction of sp³-hybridized carbons (Fsp3) is 0.409. The number of nitrogens with one attached hydrogen (secondary N) is 1. The van der Waals surface area contributed by atoms with E-state index >= 15 is 0 Å². The quantitative estimate of drug-likeness (QED) is 0.573. The molecule has 1 aromatic heterocycles. The number of thioether (sulfide) groups is 1. The average Bonchev–Trinajstić information content (AvgIpc) is 3.20. The Kier molecular flexibility index (Phi) is 6.34. The number of hydrogen-bond acceptors (Lipinski definition) is 6. The third kappa shape index (κ3) is 5.29. The minimum absolute atomic E-state index is 0.0147. The number of benzene rings is 2. The maximum atomic E-state index is 12.2. The highest BCUT2D eigenvalue weighted by Crippen LogP contribution is 2.25. The zero-order valence-electron chi connectivity index (χ0n) is 16.5. The first-order chi connectivity index (χ1) is 14.2. The topological polar surface area (TPSA) is 77.2 Å². The summed E-state index contributed by atoms with van der Waals surface area (Å²) >= 11 is 1.25. The first-order valence-electron chi connectivity index (χ1n) is 10.0. The SMILES string of the molecule is C[C@@H]1CCCC[C@H]1NC(=O)CSc1nnc(COc2ccc3ccccc3c2)o1. The van der Waals surface area contributed by atoms with E-state index in [4.69, 9.17) is 9.15 Å². The maximum absolute atomic E-state index is 12.2. The summed E-state index contributed by atoms with van der Waals surface area (Å²) in [6.45, 7) is 2.40. The van der Waals surface area contributed by atoms with E-state index in [0.29, 0.717) is 17.0 Å². The lowest BCUT2D eigenvalue weighted by Crippen LogP contribution is -2.41. The van der Waals surface area contributed by atoms with Gasteiger partial charge in [0.1, 0.15) is 5.75 Å². The third-order valence-corrected chi connectivity index (χ3v) is 6.13. The number of fused-ring (bicyclic) bond motifs is 1. The number of ether oxygens (including phenoxy) is 1. The van der Waals surface area contributed by atoms with Gasteiger partial charge in [-0.05, 0) is 41.7 Å². The predicted octanol–water partition coefficient (Wildman–Crippen LogP) is 4.59. The van der Waals surface area contributed by atoms with Crippen molar-refractivity contribution in [3.63, 3.8) is 0 Å². The standard InChI is InChI=1S/C22H25N3O3S/c1-15-6-2-5-9-19(15)23-20(26)14-29-22-25-24-21(28-22)13-27-18-11-10-16-7-3-4-8-17(16)12-18/h3-4,7-8,10-12,15,19H,2,5-6,9,13-14H2,1H3,(H,23,26)/t15-,19-/m1/s1. The van der Waals surface area contributed by atoms with Gasteiger partial charge in [-0.25, -0.2) is 0 Å². The van der Waals surface area contributed by atoms with E-state index in [0.717, 1.165) is 22.9 Å². The zero-order valence-corrected chi connectivity index (χ0v) is 17.3. The van der Waals surface area contributed by atoms with Crippen molar-refractivity contribution in [1.82, 2.24) is 15.5 Å². The molecule has 3 aromatic rings. The summed E-state index contributed by atoms with van der Waals surface area (Å²) in [5, 5.41) is 13.8. The molecule has 2 aromatic carbocycles. The molecule has 0 aliphatic heterocycles. The van der Waals surface area contributed by atoms with Gasteiger partial charge in [0.25, 0.3) is 11.1 Å². The van der Waals surface area contributed by atoms with Gasteiger partial charge in [-0.3, -0.25) is 4.79 Å². The number of carbonyl (C=O) groups excluding carboxylic acids is 1. The van der Waals surface area contributed by atoms with Crippen LogP contribution < -0.4 is 10.1 Å². The molecule has 0 spiro atoms. The lowest BCUT2D eigenvalue weighted by Gasteiger charge is -2.29. The van der Waals surface area contributed by atoms with Crippen molar-refractivity contribution in [2.75, 3.05) is 5.75 Å². The molecular formula is C22H25N3O3S. The molecule has 29 heavy (non-hydrogen) atoms. The van der Waals surface area contributed by atoms with Crippen molar-refractivity contribution in [2.24, 2.45) is 5.92 Å². The number of rotatable bonds is 7. The lowest BCUT2D eigenvalue weighted by molar-refractivity contribution is -0.119. The summed E-state index contributed by atoms with van der Waals surface area (Å²) in [4.78, 5) is 12.2. The molecule has 2 atom stereocenters. The van der Waals surface area contributed by atoms with Crippen molar-refractivity contribution in [1.29, 1.82) is 0 Å². The zero-order chi connectivity index (χ0) is 20.1. The molecule has 1 fully saturated rings. The maximum Gasteiger partial charge on any atom is 0.277 e. The Morgan fingerprint density at radius 1 is 1.17 bits per heavy atom. The van der Waals surface area contributed by atoms with E-state index in [-0.39, 0.29) is 24.3 Å². The molecule has 1 aliphatic carbocycles. The molecule has 1 amide bonds. The molecule has 0 unspecified atom stereocenters. The Balaban J connectivity index is 1.25. The molecule has 0 saturated heterocycles. The van der Waals surface area contributed by atoms with Crippen LogP contribution in [0.1, 0.15) is 38.5 Å². The second-order valence-corrected chi connectivity index (χ2v) is 8.41. The number of amides is 1. The lowest BCUT2D eigenvalue weighted by atomic mass is 9.86. The summed E-state index contributed by atoms with van der Waals surface area (Å²) in [6.07, 6.45) is 4.69. The Hall–Kier alpha value is -2.54. The summed E-state index contributed by atoms with van der Waals surface area (Å²) in [7, 11) is 0. The first-order valence-corrected chi connectivity index (χ1v) is 11.0. The van der Waals surface area contributed by atoms with Gasteiger partial charge < -0.3 is 14.5 Å². The largest absolute Gasteiger partial charge is 0.484 e. The predicted molar refractivity (Wildman–Crippen MR) is 113 cm³/mol. The van der Waals surface area contributed by atoms with Crippen molar-refractivity contribution >= 4 is 28.4 Å². The fourth-order valence-corrected chi connectivity index (χ4v) is 4.26. The van der Waals surface area contributed by atoms with E-state index in [1.807, 2.05) is 36.4 Å². The molecular weight excluding hydrogens is 386 g/mol. The van der Waals surface area contributed by atoms with E-state index in [1.165, 1.54) is 31.0 Å². The summed E-state index contributed by atoms with van der Waals surface area (Å²) in [5.74, 6) is 1.97. The molecule has 6 nitrogen and oxygen atoms in total. The fourth-order valence-electron chi connectivity index (χ4n) is 3.66. The average molecular weight is 412 g/mol. The van der Waals surface area contributed by atoms with Crippen LogP contribution in [-0.4, -0.2) is 27.9 Å². The molecule has 0 bridgehead atoms. The van der Waals surface area contributed by atoms with Crippen molar-refractivity contribution in [2.45, 2.75) is 50.5 Å². The summed E-state index contributed by atoms with van der Waals surface area (Å²) < 4.78 is 11.4. The molecule has 1 aliphatic rings. The van der Waals surface area contributed by atoms with Crippen molar-refractivity contribution < 1.29 is 13.9 Å². The second kappa shape index (κ2) is 9.31. The first kappa shape index (κ1) is 19.8. The van der Waals surface area contributed by atoms with Gasteiger partial charge in [-0.1, -0.05) is 61.9 Å². The monoisotopic (exact) mass is 411 g/mol. The van der Waals surface area contributed by atoms with E-state index in [1.54, 1.807) is 0 Å². The minimum Gasteiger partial charge on any atom is -0.484 e. The van der Waals surface area contributed by atoms with Gasteiger partial charge in [0.05, 0.1) is 5.75 Å². The molecule has 0 radical (unpaired) electrons. The van der Waals surface area contributed by atoms with Crippen LogP contribution in [-0.2, 0) is 11.4 Å². The molecule has 1 N–H and O–H groups in total.